The summed E-state index contributed by atoms with van der Waals surface area (Å²) in [5.74, 6) is 2.20. The highest BCUT2D eigenvalue weighted by Crippen LogP contribution is 2.27. The molecule has 33 heavy (non-hydrogen) atoms. The molecular formula is C24H21N7O2. The molecular weight excluding hydrogens is 418 g/mol. The Bertz CT molecular complexity index is 1470. The molecule has 164 valence electrons. The molecule has 0 aliphatic heterocycles. The lowest BCUT2D eigenvalue weighted by molar-refractivity contribution is 0.475. The summed E-state index contributed by atoms with van der Waals surface area (Å²) in [5.41, 5.74) is 3.02. The van der Waals surface area contributed by atoms with Crippen LogP contribution in [0.4, 0.5) is 0 Å². The van der Waals surface area contributed by atoms with Gasteiger partial charge in [0, 0.05) is 37.5 Å². The quantitative estimate of drug-likeness (QED) is 0.435. The summed E-state index contributed by atoms with van der Waals surface area (Å²) in [5, 5.41) is 8.59. The molecule has 9 heteroatoms. The standard InChI is InChI=1S/C24H21N7O2/c1-16-21(33-19-10-11-25-20(13-19)18-14-26-30(2)15-18)8-9-23(27-16)31-24(32)28-22(29-31)12-17-6-4-3-5-7-17/h3-11,13-15H,12H2,1-2H3,(H,28,29,32). The van der Waals surface area contributed by atoms with E-state index in [1.807, 2.05) is 56.6 Å². The second-order valence-electron chi connectivity index (χ2n) is 7.59. The number of ether oxygens (including phenoxy) is 1. The summed E-state index contributed by atoms with van der Waals surface area (Å²) in [7, 11) is 1.86. The van der Waals surface area contributed by atoms with E-state index in [0.29, 0.717) is 35.3 Å². The van der Waals surface area contributed by atoms with E-state index in [9.17, 15) is 4.79 Å². The largest absolute Gasteiger partial charge is 0.455 e. The van der Waals surface area contributed by atoms with Crippen molar-refractivity contribution in [2.75, 3.05) is 0 Å². The smallest absolute Gasteiger partial charge is 0.349 e. The minimum Gasteiger partial charge on any atom is -0.455 e. The van der Waals surface area contributed by atoms with Crippen molar-refractivity contribution in [2.45, 2.75) is 13.3 Å². The van der Waals surface area contributed by atoms with Crippen LogP contribution in [0.15, 0.2) is 78.0 Å². The number of nitrogens with one attached hydrogen (secondary N) is 1. The fourth-order valence-electron chi connectivity index (χ4n) is 3.47. The zero-order chi connectivity index (χ0) is 22.8. The van der Waals surface area contributed by atoms with Crippen LogP contribution in [0.25, 0.3) is 17.1 Å². The van der Waals surface area contributed by atoms with Crippen LogP contribution >= 0.6 is 0 Å². The fourth-order valence-corrected chi connectivity index (χ4v) is 3.47. The van der Waals surface area contributed by atoms with Gasteiger partial charge in [0.25, 0.3) is 0 Å². The number of aromatic amines is 1. The van der Waals surface area contributed by atoms with E-state index in [1.54, 1.807) is 35.3 Å². The summed E-state index contributed by atoms with van der Waals surface area (Å²) in [6.45, 7) is 1.82. The Balaban J connectivity index is 1.37. The Kier molecular flexibility index (Phi) is 5.27. The van der Waals surface area contributed by atoms with Crippen LogP contribution in [0.5, 0.6) is 11.5 Å². The monoisotopic (exact) mass is 439 g/mol. The molecule has 9 nitrogen and oxygen atoms in total. The highest BCUT2D eigenvalue weighted by Gasteiger charge is 2.12. The van der Waals surface area contributed by atoms with Crippen molar-refractivity contribution < 1.29 is 4.74 Å². The predicted octanol–water partition coefficient (Wildman–Crippen LogP) is 3.44. The van der Waals surface area contributed by atoms with Crippen molar-refractivity contribution in [3.8, 4) is 28.6 Å². The number of rotatable bonds is 6. The van der Waals surface area contributed by atoms with Gasteiger partial charge >= 0.3 is 5.69 Å². The molecule has 0 spiro atoms. The molecule has 1 aromatic carbocycles. The molecule has 4 aromatic heterocycles. The number of pyridine rings is 2. The Morgan fingerprint density at radius 1 is 1.09 bits per heavy atom. The topological polar surface area (TPSA) is 104 Å². The maximum Gasteiger partial charge on any atom is 0.349 e. The molecule has 0 aliphatic carbocycles. The van der Waals surface area contributed by atoms with E-state index in [0.717, 1.165) is 16.8 Å². The molecule has 0 fully saturated rings. The minimum atomic E-state index is -0.336. The van der Waals surface area contributed by atoms with Gasteiger partial charge < -0.3 is 4.74 Å². The van der Waals surface area contributed by atoms with Crippen molar-refractivity contribution in [3.63, 3.8) is 0 Å². The van der Waals surface area contributed by atoms with E-state index < -0.39 is 0 Å². The van der Waals surface area contributed by atoms with Crippen LogP contribution in [-0.2, 0) is 13.5 Å². The Hall–Kier alpha value is -4.53. The molecule has 1 N–H and O–H groups in total. The van der Waals surface area contributed by atoms with Crippen LogP contribution < -0.4 is 10.4 Å². The first-order valence-corrected chi connectivity index (χ1v) is 10.4. The Labute approximate surface area is 189 Å². The molecule has 0 amide bonds. The number of hydrogen-bond acceptors (Lipinski definition) is 6. The molecule has 0 bridgehead atoms. The van der Waals surface area contributed by atoms with E-state index in [1.165, 1.54) is 4.68 Å². The number of benzene rings is 1. The van der Waals surface area contributed by atoms with Crippen molar-refractivity contribution in [1.82, 2.24) is 34.5 Å². The van der Waals surface area contributed by atoms with Crippen molar-refractivity contribution in [3.05, 3.63) is 101 Å². The van der Waals surface area contributed by atoms with Gasteiger partial charge in [0.15, 0.2) is 5.82 Å². The zero-order valence-corrected chi connectivity index (χ0v) is 18.1. The maximum absolute atomic E-state index is 12.5. The van der Waals surface area contributed by atoms with Gasteiger partial charge in [-0.2, -0.15) is 9.78 Å². The van der Waals surface area contributed by atoms with Gasteiger partial charge in [0.2, 0.25) is 0 Å². The van der Waals surface area contributed by atoms with Crippen molar-refractivity contribution >= 4 is 0 Å². The van der Waals surface area contributed by atoms with Crippen molar-refractivity contribution in [1.29, 1.82) is 0 Å². The van der Waals surface area contributed by atoms with Crippen LogP contribution in [-0.4, -0.2) is 34.5 Å². The molecule has 0 aliphatic rings. The second kappa shape index (κ2) is 8.54. The second-order valence-corrected chi connectivity index (χ2v) is 7.59. The third kappa shape index (κ3) is 4.42. The fraction of sp³-hybridized carbons (Fsp3) is 0.125. The van der Waals surface area contributed by atoms with Gasteiger partial charge in [0.1, 0.15) is 17.3 Å². The number of nitrogens with zero attached hydrogens (tertiary/aromatic N) is 6. The molecule has 5 rings (SSSR count). The first kappa shape index (κ1) is 20.4. The molecule has 0 atom stereocenters. The molecule has 0 unspecified atom stereocenters. The molecule has 4 heterocycles. The zero-order valence-electron chi connectivity index (χ0n) is 18.1. The van der Waals surface area contributed by atoms with Gasteiger partial charge in [0.05, 0.1) is 17.6 Å². The Morgan fingerprint density at radius 2 is 1.94 bits per heavy atom. The first-order chi connectivity index (χ1) is 16.0. The number of aromatic nitrogens is 7. The van der Waals surface area contributed by atoms with E-state index in [-0.39, 0.29) is 5.69 Å². The lowest BCUT2D eigenvalue weighted by atomic mass is 10.1. The van der Waals surface area contributed by atoms with Gasteiger partial charge in [-0.1, -0.05) is 30.3 Å². The van der Waals surface area contributed by atoms with E-state index in [2.05, 4.69) is 25.1 Å². The van der Waals surface area contributed by atoms with Gasteiger partial charge in [-0.05, 0) is 30.7 Å². The van der Waals surface area contributed by atoms with Crippen LogP contribution in [0.1, 0.15) is 17.1 Å². The summed E-state index contributed by atoms with van der Waals surface area (Å²) >= 11 is 0. The average Bonchev–Trinajstić information content (AvgIpc) is 3.41. The van der Waals surface area contributed by atoms with E-state index >= 15 is 0 Å². The first-order valence-electron chi connectivity index (χ1n) is 10.4. The van der Waals surface area contributed by atoms with E-state index in [4.69, 9.17) is 4.74 Å². The summed E-state index contributed by atoms with van der Waals surface area (Å²) in [6.07, 6.45) is 5.86. The van der Waals surface area contributed by atoms with Crippen LogP contribution in [0, 0.1) is 6.92 Å². The lowest BCUT2D eigenvalue weighted by Gasteiger charge is -2.10. The highest BCUT2D eigenvalue weighted by molar-refractivity contribution is 5.59. The Morgan fingerprint density at radius 3 is 2.70 bits per heavy atom. The van der Waals surface area contributed by atoms with Crippen LogP contribution in [0.3, 0.4) is 0 Å². The average molecular weight is 439 g/mol. The minimum absolute atomic E-state index is 0.336. The lowest BCUT2D eigenvalue weighted by Crippen LogP contribution is -2.17. The summed E-state index contributed by atoms with van der Waals surface area (Å²) < 4.78 is 9.03. The summed E-state index contributed by atoms with van der Waals surface area (Å²) in [4.78, 5) is 24.2. The van der Waals surface area contributed by atoms with Crippen LogP contribution in [0.2, 0.25) is 0 Å². The SMILES string of the molecule is Cc1nc(-n2nc(Cc3ccccc3)[nH]c2=O)ccc1Oc1ccnc(-c2cnn(C)c2)c1. The molecule has 0 radical (unpaired) electrons. The number of aryl methyl sites for hydroxylation is 2. The van der Waals surface area contributed by atoms with Crippen molar-refractivity contribution in [2.24, 2.45) is 7.05 Å². The van der Waals surface area contributed by atoms with Gasteiger partial charge in [-0.3, -0.25) is 14.6 Å². The predicted molar refractivity (Wildman–Crippen MR) is 122 cm³/mol. The normalized spacial score (nSPS) is 11.0. The maximum atomic E-state index is 12.5. The third-order valence-electron chi connectivity index (χ3n) is 5.08. The summed E-state index contributed by atoms with van der Waals surface area (Å²) in [6, 6.07) is 17.0. The number of H-pyrrole nitrogens is 1. The number of hydrogen-bond donors (Lipinski definition) is 1. The third-order valence-corrected chi connectivity index (χ3v) is 5.08. The van der Waals surface area contributed by atoms with Gasteiger partial charge in [-0.15, -0.1) is 5.10 Å². The molecule has 0 saturated heterocycles. The highest BCUT2D eigenvalue weighted by atomic mass is 16.5. The molecule has 5 aromatic rings. The van der Waals surface area contributed by atoms with Gasteiger partial charge in [-0.25, -0.2) is 9.78 Å². The molecule has 0 saturated carbocycles.